The summed E-state index contributed by atoms with van der Waals surface area (Å²) in [5, 5.41) is 10.3. The Morgan fingerprint density at radius 2 is 1.36 bits per heavy atom. The highest BCUT2D eigenvalue weighted by molar-refractivity contribution is 5.72. The second-order valence-corrected chi connectivity index (χ2v) is 5.60. The summed E-state index contributed by atoms with van der Waals surface area (Å²) in [5.41, 5.74) is 1.67. The average Bonchev–Trinajstić information content (AvgIpc) is 2.51. The van der Waals surface area contributed by atoms with Crippen molar-refractivity contribution in [2.45, 2.75) is 19.4 Å². The maximum Gasteiger partial charge on any atom is 0.129 e. The van der Waals surface area contributed by atoms with E-state index in [9.17, 15) is 5.11 Å². The second-order valence-electron chi connectivity index (χ2n) is 5.60. The molecule has 0 saturated heterocycles. The molecule has 3 nitrogen and oxygen atoms in total. The largest absolute Gasteiger partial charge is 0.496 e. The molecular weight excluding hydrogens is 276 g/mol. The lowest BCUT2D eigenvalue weighted by Gasteiger charge is -2.24. The first kappa shape index (κ1) is 16.1. The molecular formula is C19H22O3. The number of ether oxygens (including phenoxy) is 2. The minimum absolute atomic E-state index is 0.611. The summed E-state index contributed by atoms with van der Waals surface area (Å²) in [6.45, 7) is 3.43. The van der Waals surface area contributed by atoms with E-state index in [-0.39, 0.29) is 0 Å². The maximum absolute atomic E-state index is 10.3. The molecule has 1 N–H and O–H groups in total. The van der Waals surface area contributed by atoms with Crippen LogP contribution in [0, 0.1) is 0 Å². The van der Waals surface area contributed by atoms with Gasteiger partial charge in [0.05, 0.1) is 25.4 Å². The molecule has 0 aliphatic carbocycles. The van der Waals surface area contributed by atoms with Crippen molar-refractivity contribution in [2.24, 2.45) is 0 Å². The molecule has 2 aromatic rings. The number of rotatable bonds is 5. The van der Waals surface area contributed by atoms with E-state index < -0.39 is 5.60 Å². The molecule has 0 amide bonds. The Balaban J connectivity index is 2.44. The van der Waals surface area contributed by atoms with Gasteiger partial charge >= 0.3 is 0 Å². The summed E-state index contributed by atoms with van der Waals surface area (Å²) in [6.07, 6.45) is 4.02. The van der Waals surface area contributed by atoms with Gasteiger partial charge in [-0.1, -0.05) is 42.5 Å². The lowest BCUT2D eigenvalue weighted by Crippen LogP contribution is -2.18. The Morgan fingerprint density at radius 3 is 1.82 bits per heavy atom. The van der Waals surface area contributed by atoms with Crippen LogP contribution >= 0.6 is 0 Å². The SMILES string of the molecule is COc1cc(/C=C/c2ccccc2)cc(OC)c1C(C)(C)O. The van der Waals surface area contributed by atoms with Gasteiger partial charge in [-0.2, -0.15) is 0 Å². The molecule has 0 atom stereocenters. The highest BCUT2D eigenvalue weighted by atomic mass is 16.5. The van der Waals surface area contributed by atoms with Crippen LogP contribution in [0.4, 0.5) is 0 Å². The minimum Gasteiger partial charge on any atom is -0.496 e. The van der Waals surface area contributed by atoms with Crippen molar-refractivity contribution in [1.82, 2.24) is 0 Å². The van der Waals surface area contributed by atoms with E-state index >= 15 is 0 Å². The van der Waals surface area contributed by atoms with Gasteiger partial charge in [-0.3, -0.25) is 0 Å². The third-order valence-electron chi connectivity index (χ3n) is 3.41. The fourth-order valence-electron chi connectivity index (χ4n) is 2.39. The van der Waals surface area contributed by atoms with Gasteiger partial charge in [0.15, 0.2) is 0 Å². The predicted molar refractivity (Wildman–Crippen MR) is 90.2 cm³/mol. The molecule has 0 heterocycles. The van der Waals surface area contributed by atoms with Crippen molar-refractivity contribution >= 4 is 12.2 Å². The predicted octanol–water partition coefficient (Wildman–Crippen LogP) is 4.10. The average molecular weight is 298 g/mol. The topological polar surface area (TPSA) is 38.7 Å². The van der Waals surface area contributed by atoms with Gasteiger partial charge in [0, 0.05) is 0 Å². The number of methoxy groups -OCH3 is 2. The first-order valence-electron chi connectivity index (χ1n) is 7.17. The van der Waals surface area contributed by atoms with Crippen LogP contribution < -0.4 is 9.47 Å². The van der Waals surface area contributed by atoms with Crippen LogP contribution in [-0.2, 0) is 5.60 Å². The van der Waals surface area contributed by atoms with Crippen molar-refractivity contribution in [1.29, 1.82) is 0 Å². The van der Waals surface area contributed by atoms with E-state index in [2.05, 4.69) is 0 Å². The fourth-order valence-corrected chi connectivity index (χ4v) is 2.39. The van der Waals surface area contributed by atoms with Gasteiger partial charge in [-0.05, 0) is 37.1 Å². The molecule has 0 saturated carbocycles. The normalized spacial score (nSPS) is 11.7. The smallest absolute Gasteiger partial charge is 0.129 e. The third kappa shape index (κ3) is 3.68. The molecule has 0 bridgehead atoms. The lowest BCUT2D eigenvalue weighted by molar-refractivity contribution is 0.0726. The molecule has 0 spiro atoms. The molecule has 0 aliphatic rings. The summed E-state index contributed by atoms with van der Waals surface area (Å²) in [4.78, 5) is 0. The molecule has 2 aromatic carbocycles. The van der Waals surface area contributed by atoms with Gasteiger partial charge in [0.1, 0.15) is 11.5 Å². The second kappa shape index (κ2) is 6.67. The molecule has 3 heteroatoms. The van der Waals surface area contributed by atoms with Crippen LogP contribution in [0.1, 0.15) is 30.5 Å². The molecule has 0 radical (unpaired) electrons. The van der Waals surface area contributed by atoms with Crippen LogP contribution in [-0.4, -0.2) is 19.3 Å². The van der Waals surface area contributed by atoms with E-state index in [1.54, 1.807) is 28.1 Å². The van der Waals surface area contributed by atoms with E-state index in [1.807, 2.05) is 54.6 Å². The fraction of sp³-hybridized carbons (Fsp3) is 0.263. The highest BCUT2D eigenvalue weighted by Gasteiger charge is 2.26. The Hall–Kier alpha value is -2.26. The zero-order valence-electron chi connectivity index (χ0n) is 13.5. The summed E-state index contributed by atoms with van der Waals surface area (Å²) < 4.78 is 10.9. The molecule has 22 heavy (non-hydrogen) atoms. The van der Waals surface area contributed by atoms with E-state index in [4.69, 9.17) is 9.47 Å². The zero-order chi connectivity index (χ0) is 16.2. The molecule has 116 valence electrons. The Labute approximate surface area is 131 Å². The van der Waals surface area contributed by atoms with Crippen LogP contribution in [0.3, 0.4) is 0 Å². The quantitative estimate of drug-likeness (QED) is 0.845. The summed E-state index contributed by atoms with van der Waals surface area (Å²) in [5.74, 6) is 1.22. The number of hydrogen-bond donors (Lipinski definition) is 1. The maximum atomic E-state index is 10.3. The highest BCUT2D eigenvalue weighted by Crippen LogP contribution is 2.39. The monoisotopic (exact) mass is 298 g/mol. The van der Waals surface area contributed by atoms with Crippen LogP contribution in [0.25, 0.3) is 12.2 Å². The van der Waals surface area contributed by atoms with Crippen molar-refractivity contribution in [3.8, 4) is 11.5 Å². The molecule has 0 aliphatic heterocycles. The molecule has 0 unspecified atom stereocenters. The van der Waals surface area contributed by atoms with Crippen molar-refractivity contribution in [2.75, 3.05) is 14.2 Å². The molecule has 0 aromatic heterocycles. The van der Waals surface area contributed by atoms with E-state index in [1.165, 1.54) is 0 Å². The van der Waals surface area contributed by atoms with Crippen LogP contribution in [0.5, 0.6) is 11.5 Å². The summed E-state index contributed by atoms with van der Waals surface area (Å²) >= 11 is 0. The van der Waals surface area contributed by atoms with Gasteiger partial charge in [0.2, 0.25) is 0 Å². The van der Waals surface area contributed by atoms with Crippen LogP contribution in [0.2, 0.25) is 0 Å². The first-order valence-corrected chi connectivity index (χ1v) is 7.17. The standard InChI is InChI=1S/C19H22O3/c1-19(2,20)18-16(21-3)12-15(13-17(18)22-4)11-10-14-8-6-5-7-9-14/h5-13,20H,1-4H3/b11-10+. The van der Waals surface area contributed by atoms with E-state index in [0.717, 1.165) is 11.1 Å². The van der Waals surface area contributed by atoms with Crippen molar-refractivity contribution in [3.05, 3.63) is 59.2 Å². The van der Waals surface area contributed by atoms with Gasteiger partial charge < -0.3 is 14.6 Å². The summed E-state index contributed by atoms with van der Waals surface area (Å²) in [7, 11) is 3.18. The Morgan fingerprint density at radius 1 is 0.864 bits per heavy atom. The number of aliphatic hydroxyl groups is 1. The number of hydrogen-bond acceptors (Lipinski definition) is 3. The zero-order valence-corrected chi connectivity index (χ0v) is 13.5. The minimum atomic E-state index is -1.04. The van der Waals surface area contributed by atoms with Crippen molar-refractivity contribution in [3.63, 3.8) is 0 Å². The Kier molecular flexibility index (Phi) is 4.88. The summed E-state index contributed by atoms with van der Waals surface area (Å²) in [6, 6.07) is 13.9. The molecule has 0 fully saturated rings. The third-order valence-corrected chi connectivity index (χ3v) is 3.41. The Bertz CT molecular complexity index is 627. The number of benzene rings is 2. The first-order chi connectivity index (χ1) is 10.5. The van der Waals surface area contributed by atoms with E-state index in [0.29, 0.717) is 17.1 Å². The van der Waals surface area contributed by atoms with Crippen LogP contribution in [0.15, 0.2) is 42.5 Å². The molecule has 2 rings (SSSR count). The van der Waals surface area contributed by atoms with Gasteiger partial charge in [-0.25, -0.2) is 0 Å². The van der Waals surface area contributed by atoms with Gasteiger partial charge in [-0.15, -0.1) is 0 Å². The van der Waals surface area contributed by atoms with Crippen molar-refractivity contribution < 1.29 is 14.6 Å². The lowest BCUT2D eigenvalue weighted by atomic mass is 9.94. The van der Waals surface area contributed by atoms with Gasteiger partial charge in [0.25, 0.3) is 0 Å².